The van der Waals surface area contributed by atoms with Gasteiger partial charge in [-0.25, -0.2) is 0 Å². The molecule has 3 atom stereocenters. The number of hydrogen-bond acceptors (Lipinski definition) is 2. The first-order valence-corrected chi connectivity index (χ1v) is 7.84. The number of primary amides is 1. The lowest BCUT2D eigenvalue weighted by Crippen LogP contribution is -2.47. The first-order valence-electron chi connectivity index (χ1n) is 7.84. The summed E-state index contributed by atoms with van der Waals surface area (Å²) in [5, 5.41) is 0. The van der Waals surface area contributed by atoms with Crippen molar-refractivity contribution in [2.24, 2.45) is 17.6 Å². The average Bonchev–Trinajstić information content (AvgIpc) is 2.48. The van der Waals surface area contributed by atoms with Crippen LogP contribution in [0.25, 0.3) is 0 Å². The Hall–Kier alpha value is -1.35. The fourth-order valence-corrected chi connectivity index (χ4v) is 4.05. The van der Waals surface area contributed by atoms with E-state index in [1.54, 1.807) is 0 Å². The second-order valence-electron chi connectivity index (χ2n) is 6.30. The second-order valence-corrected chi connectivity index (χ2v) is 6.30. The number of fused-ring (bicyclic) bond motifs is 1. The topological polar surface area (TPSA) is 46.3 Å². The van der Waals surface area contributed by atoms with E-state index in [9.17, 15) is 4.79 Å². The molecule has 1 aromatic rings. The molecule has 0 spiro atoms. The molecule has 1 heterocycles. The van der Waals surface area contributed by atoms with Gasteiger partial charge in [-0.1, -0.05) is 49.6 Å². The van der Waals surface area contributed by atoms with Gasteiger partial charge >= 0.3 is 0 Å². The lowest BCUT2D eigenvalue weighted by Gasteiger charge is -2.43. The van der Waals surface area contributed by atoms with Crippen LogP contribution in [0, 0.1) is 11.8 Å². The molecule has 3 rings (SSSR count). The highest BCUT2D eigenvalue weighted by Crippen LogP contribution is 2.38. The van der Waals surface area contributed by atoms with Gasteiger partial charge in [-0.3, -0.25) is 9.69 Å². The summed E-state index contributed by atoms with van der Waals surface area (Å²) in [7, 11) is 0. The minimum Gasteiger partial charge on any atom is -0.368 e. The van der Waals surface area contributed by atoms with Crippen LogP contribution in [0.15, 0.2) is 30.3 Å². The SMILES string of the molecule is NC(=O)[C@H](c1ccccc1)N1CC[C@@H]2CCCC[C@H]2C1. The van der Waals surface area contributed by atoms with Crippen molar-refractivity contribution in [3.63, 3.8) is 0 Å². The van der Waals surface area contributed by atoms with Gasteiger partial charge in [0, 0.05) is 6.54 Å². The van der Waals surface area contributed by atoms with Gasteiger partial charge in [-0.15, -0.1) is 0 Å². The summed E-state index contributed by atoms with van der Waals surface area (Å²) >= 11 is 0. The number of carbonyl (C=O) groups is 1. The van der Waals surface area contributed by atoms with Crippen molar-refractivity contribution < 1.29 is 4.79 Å². The zero-order chi connectivity index (χ0) is 13.9. The van der Waals surface area contributed by atoms with Crippen molar-refractivity contribution in [3.05, 3.63) is 35.9 Å². The molecule has 0 aromatic heterocycles. The molecule has 3 heteroatoms. The minimum absolute atomic E-state index is 0.217. The van der Waals surface area contributed by atoms with Gasteiger partial charge in [0.1, 0.15) is 6.04 Å². The lowest BCUT2D eigenvalue weighted by atomic mass is 9.74. The molecular weight excluding hydrogens is 248 g/mol. The summed E-state index contributed by atoms with van der Waals surface area (Å²) in [6.07, 6.45) is 6.66. The fourth-order valence-electron chi connectivity index (χ4n) is 4.05. The lowest BCUT2D eigenvalue weighted by molar-refractivity contribution is -0.124. The van der Waals surface area contributed by atoms with Gasteiger partial charge in [0.25, 0.3) is 0 Å². The largest absolute Gasteiger partial charge is 0.368 e. The summed E-state index contributed by atoms with van der Waals surface area (Å²) in [6, 6.07) is 9.73. The highest BCUT2D eigenvalue weighted by molar-refractivity contribution is 5.81. The quantitative estimate of drug-likeness (QED) is 0.919. The molecule has 2 fully saturated rings. The molecule has 1 aliphatic heterocycles. The number of amides is 1. The van der Waals surface area contributed by atoms with Crippen molar-refractivity contribution in [3.8, 4) is 0 Å². The predicted octanol–water partition coefficient (Wildman–Crippen LogP) is 2.73. The average molecular weight is 272 g/mol. The van der Waals surface area contributed by atoms with Crippen LogP contribution in [-0.4, -0.2) is 23.9 Å². The summed E-state index contributed by atoms with van der Waals surface area (Å²) in [6.45, 7) is 2.04. The Bertz CT molecular complexity index is 459. The van der Waals surface area contributed by atoms with Crippen LogP contribution in [0.1, 0.15) is 43.7 Å². The van der Waals surface area contributed by atoms with Crippen LogP contribution in [0.5, 0.6) is 0 Å². The third kappa shape index (κ3) is 2.73. The maximum Gasteiger partial charge on any atom is 0.239 e. The van der Waals surface area contributed by atoms with Crippen LogP contribution in [0.4, 0.5) is 0 Å². The van der Waals surface area contributed by atoms with E-state index in [4.69, 9.17) is 5.73 Å². The van der Waals surface area contributed by atoms with Crippen LogP contribution >= 0.6 is 0 Å². The van der Waals surface area contributed by atoms with Gasteiger partial charge in [0.15, 0.2) is 0 Å². The van der Waals surface area contributed by atoms with Gasteiger partial charge in [-0.05, 0) is 36.8 Å². The van der Waals surface area contributed by atoms with Crippen LogP contribution in [0.3, 0.4) is 0 Å². The third-order valence-corrected chi connectivity index (χ3v) is 5.07. The fraction of sp³-hybridized carbons (Fsp3) is 0.588. The van der Waals surface area contributed by atoms with E-state index in [2.05, 4.69) is 4.90 Å². The normalized spacial score (nSPS) is 28.6. The van der Waals surface area contributed by atoms with Gasteiger partial charge in [0.2, 0.25) is 5.91 Å². The summed E-state index contributed by atoms with van der Waals surface area (Å²) < 4.78 is 0. The maximum atomic E-state index is 11.9. The van der Waals surface area contributed by atoms with E-state index in [0.717, 1.165) is 30.5 Å². The molecule has 1 aromatic carbocycles. The van der Waals surface area contributed by atoms with Crippen LogP contribution < -0.4 is 5.73 Å². The first-order chi connectivity index (χ1) is 9.75. The molecule has 0 radical (unpaired) electrons. The number of carbonyl (C=O) groups excluding carboxylic acids is 1. The number of nitrogens with zero attached hydrogens (tertiary/aromatic N) is 1. The predicted molar refractivity (Wildman–Crippen MR) is 80.0 cm³/mol. The van der Waals surface area contributed by atoms with E-state index in [1.807, 2.05) is 30.3 Å². The Balaban J connectivity index is 1.77. The van der Waals surface area contributed by atoms with Crippen LogP contribution in [0.2, 0.25) is 0 Å². The third-order valence-electron chi connectivity index (χ3n) is 5.07. The Morgan fingerprint density at radius 2 is 1.80 bits per heavy atom. The summed E-state index contributed by atoms with van der Waals surface area (Å²) in [4.78, 5) is 14.2. The maximum absolute atomic E-state index is 11.9. The molecule has 1 saturated carbocycles. The Morgan fingerprint density at radius 1 is 1.10 bits per heavy atom. The van der Waals surface area contributed by atoms with Gasteiger partial charge in [0.05, 0.1) is 0 Å². The number of nitrogens with two attached hydrogens (primary N) is 1. The van der Waals surface area contributed by atoms with E-state index >= 15 is 0 Å². The Kier molecular flexibility index (Phi) is 4.06. The molecular formula is C17H24N2O. The van der Waals surface area contributed by atoms with E-state index in [1.165, 1.54) is 32.1 Å². The monoisotopic (exact) mass is 272 g/mol. The molecule has 2 aliphatic rings. The number of likely N-dealkylation sites (tertiary alicyclic amines) is 1. The van der Waals surface area contributed by atoms with Gasteiger partial charge in [-0.2, -0.15) is 0 Å². The summed E-state index contributed by atoms with van der Waals surface area (Å²) in [5.41, 5.74) is 6.72. The molecule has 2 N–H and O–H groups in total. The molecule has 108 valence electrons. The number of benzene rings is 1. The smallest absolute Gasteiger partial charge is 0.239 e. The molecule has 1 saturated heterocycles. The second kappa shape index (κ2) is 5.96. The molecule has 0 bridgehead atoms. The van der Waals surface area contributed by atoms with Crippen molar-refractivity contribution in [2.75, 3.05) is 13.1 Å². The molecule has 20 heavy (non-hydrogen) atoms. The highest BCUT2D eigenvalue weighted by Gasteiger charge is 2.35. The molecule has 0 unspecified atom stereocenters. The Morgan fingerprint density at radius 3 is 2.50 bits per heavy atom. The molecule has 3 nitrogen and oxygen atoms in total. The standard InChI is InChI=1S/C17H24N2O/c18-17(20)16(14-7-2-1-3-8-14)19-11-10-13-6-4-5-9-15(13)12-19/h1-3,7-8,13,15-16H,4-6,9-12H2,(H2,18,20)/t13-,15-,16-/m0/s1. The molecule has 1 aliphatic carbocycles. The van der Waals surface area contributed by atoms with Crippen molar-refractivity contribution in [1.82, 2.24) is 4.90 Å². The number of hydrogen-bond donors (Lipinski definition) is 1. The zero-order valence-electron chi connectivity index (χ0n) is 12.0. The number of rotatable bonds is 3. The highest BCUT2D eigenvalue weighted by atomic mass is 16.1. The van der Waals surface area contributed by atoms with Crippen molar-refractivity contribution in [1.29, 1.82) is 0 Å². The van der Waals surface area contributed by atoms with Crippen molar-refractivity contribution in [2.45, 2.75) is 38.1 Å². The Labute approximate surface area is 121 Å². The van der Waals surface area contributed by atoms with E-state index in [0.29, 0.717) is 0 Å². The first kappa shape index (κ1) is 13.6. The zero-order valence-corrected chi connectivity index (χ0v) is 12.0. The van der Waals surface area contributed by atoms with Crippen LogP contribution in [-0.2, 0) is 4.79 Å². The van der Waals surface area contributed by atoms with E-state index in [-0.39, 0.29) is 11.9 Å². The van der Waals surface area contributed by atoms with Gasteiger partial charge < -0.3 is 5.73 Å². The number of piperidine rings is 1. The van der Waals surface area contributed by atoms with Crippen molar-refractivity contribution >= 4 is 5.91 Å². The minimum atomic E-state index is -0.251. The molecule has 1 amide bonds. The van der Waals surface area contributed by atoms with E-state index < -0.39 is 0 Å². The summed E-state index contributed by atoms with van der Waals surface area (Å²) in [5.74, 6) is 1.43.